The summed E-state index contributed by atoms with van der Waals surface area (Å²) in [5.74, 6) is -1.35. The van der Waals surface area contributed by atoms with E-state index < -0.39 is 17.5 Å². The van der Waals surface area contributed by atoms with Crippen LogP contribution in [0.5, 0.6) is 0 Å². The number of para-hydroxylation sites is 2. The van der Waals surface area contributed by atoms with E-state index in [1.54, 1.807) is 0 Å². The van der Waals surface area contributed by atoms with Crippen molar-refractivity contribution in [1.29, 1.82) is 0 Å². The zero-order valence-electron chi connectivity index (χ0n) is 21.2. The largest absolute Gasteiger partial charge is 0.368 e. The molecule has 0 unspecified atom stereocenters. The van der Waals surface area contributed by atoms with Crippen LogP contribution in [0.25, 0.3) is 21.8 Å². The Morgan fingerprint density at radius 2 is 1.73 bits per heavy atom. The summed E-state index contributed by atoms with van der Waals surface area (Å²) in [6.45, 7) is 3.67. The molecule has 2 aromatic carbocycles. The first kappa shape index (κ1) is 24.6. The number of aryl methyl sites for hydroxylation is 2. The minimum atomic E-state index is -1.18. The zero-order chi connectivity index (χ0) is 26.2. The van der Waals surface area contributed by atoms with Gasteiger partial charge in [0.15, 0.2) is 0 Å². The van der Waals surface area contributed by atoms with Gasteiger partial charge >= 0.3 is 0 Å². The summed E-state index contributed by atoms with van der Waals surface area (Å²) < 4.78 is 0. The summed E-state index contributed by atoms with van der Waals surface area (Å²) in [4.78, 5) is 45.9. The van der Waals surface area contributed by atoms with Crippen LogP contribution in [0.1, 0.15) is 43.5 Å². The van der Waals surface area contributed by atoms with Gasteiger partial charge < -0.3 is 26.3 Å². The number of aromatic amines is 2. The lowest BCUT2D eigenvalue weighted by Gasteiger charge is -2.38. The van der Waals surface area contributed by atoms with Gasteiger partial charge in [0.1, 0.15) is 11.6 Å². The number of hydrogen-bond acceptors (Lipinski definition) is 3. The lowest BCUT2D eigenvalue weighted by Crippen LogP contribution is -2.64. The minimum Gasteiger partial charge on any atom is -0.368 e. The van der Waals surface area contributed by atoms with E-state index in [0.717, 1.165) is 38.6 Å². The number of H-pyrrole nitrogens is 2. The number of primary amides is 1. The molecule has 2 atom stereocenters. The van der Waals surface area contributed by atoms with Gasteiger partial charge in [-0.05, 0) is 48.4 Å². The number of carbonyl (C=O) groups excluding carboxylic acids is 3. The third-order valence-electron chi connectivity index (χ3n) is 7.55. The maximum absolute atomic E-state index is 13.8. The average molecular weight is 500 g/mol. The van der Waals surface area contributed by atoms with Gasteiger partial charge in [0.2, 0.25) is 17.7 Å². The van der Waals surface area contributed by atoms with Gasteiger partial charge in [-0.1, -0.05) is 50.2 Å². The molecule has 0 aliphatic heterocycles. The number of nitrogens with one attached hydrogen (secondary N) is 4. The van der Waals surface area contributed by atoms with Crippen molar-refractivity contribution in [1.82, 2.24) is 20.6 Å². The number of aromatic nitrogens is 2. The Balaban J connectivity index is 1.41. The topological polar surface area (TPSA) is 133 Å². The van der Waals surface area contributed by atoms with Crippen molar-refractivity contribution in [2.75, 3.05) is 0 Å². The number of hydrogen-bond donors (Lipinski definition) is 5. The molecule has 3 amide bonds. The third kappa shape index (κ3) is 4.71. The summed E-state index contributed by atoms with van der Waals surface area (Å²) in [6, 6.07) is 15.1. The van der Waals surface area contributed by atoms with E-state index in [4.69, 9.17) is 5.73 Å². The summed E-state index contributed by atoms with van der Waals surface area (Å²) >= 11 is 0. The van der Waals surface area contributed by atoms with Crippen LogP contribution < -0.4 is 16.4 Å². The van der Waals surface area contributed by atoms with Crippen LogP contribution in [0.2, 0.25) is 0 Å². The second-order valence-electron chi connectivity index (χ2n) is 10.4. The van der Waals surface area contributed by atoms with Crippen LogP contribution in [-0.4, -0.2) is 39.3 Å². The average Bonchev–Trinajstić information content (AvgIpc) is 3.46. The highest BCUT2D eigenvalue weighted by Crippen LogP contribution is 2.34. The normalized spacial score (nSPS) is 18.0. The number of amides is 3. The maximum Gasteiger partial charge on any atom is 0.246 e. The van der Waals surface area contributed by atoms with Gasteiger partial charge in [0, 0.05) is 46.5 Å². The predicted molar refractivity (Wildman–Crippen MR) is 144 cm³/mol. The first-order chi connectivity index (χ1) is 17.8. The van der Waals surface area contributed by atoms with Crippen LogP contribution in [0.3, 0.4) is 0 Å². The van der Waals surface area contributed by atoms with E-state index in [9.17, 15) is 14.4 Å². The van der Waals surface area contributed by atoms with Crippen molar-refractivity contribution < 1.29 is 14.4 Å². The predicted octanol–water partition coefficient (Wildman–Crippen LogP) is 3.25. The first-order valence-electron chi connectivity index (χ1n) is 12.8. The van der Waals surface area contributed by atoms with Crippen molar-refractivity contribution in [3.8, 4) is 0 Å². The Hall–Kier alpha value is -4.07. The summed E-state index contributed by atoms with van der Waals surface area (Å²) in [5, 5.41) is 8.08. The van der Waals surface area contributed by atoms with Gasteiger partial charge in [-0.2, -0.15) is 0 Å². The quantitative estimate of drug-likeness (QED) is 0.255. The van der Waals surface area contributed by atoms with Crippen molar-refractivity contribution in [2.24, 2.45) is 11.7 Å². The second-order valence-corrected chi connectivity index (χ2v) is 10.4. The molecule has 0 fully saturated rings. The third-order valence-corrected chi connectivity index (χ3v) is 7.55. The van der Waals surface area contributed by atoms with E-state index in [1.165, 1.54) is 0 Å². The van der Waals surface area contributed by atoms with Crippen molar-refractivity contribution in [2.45, 2.75) is 57.5 Å². The minimum absolute atomic E-state index is 0.177. The SMILES string of the molecule is CC(C)[C@H](NC(=O)[C@]1(NC(=O)CCc2c[nH]c3ccccc23)CCc2[nH]c3ccccc3c2C1)C(N)=O. The molecule has 192 valence electrons. The summed E-state index contributed by atoms with van der Waals surface area (Å²) in [7, 11) is 0. The van der Waals surface area contributed by atoms with Crippen LogP contribution in [0.4, 0.5) is 0 Å². The monoisotopic (exact) mass is 499 g/mol. The van der Waals surface area contributed by atoms with Crippen LogP contribution in [0, 0.1) is 5.92 Å². The molecule has 0 spiro atoms. The second kappa shape index (κ2) is 9.76. The molecule has 0 saturated carbocycles. The summed E-state index contributed by atoms with van der Waals surface area (Å²) in [6.07, 6.45) is 4.06. The molecule has 37 heavy (non-hydrogen) atoms. The van der Waals surface area contributed by atoms with E-state index >= 15 is 0 Å². The van der Waals surface area contributed by atoms with Gasteiger partial charge in [-0.25, -0.2) is 0 Å². The highest BCUT2D eigenvalue weighted by Gasteiger charge is 2.45. The highest BCUT2D eigenvalue weighted by atomic mass is 16.2. The van der Waals surface area contributed by atoms with E-state index in [0.29, 0.717) is 25.7 Å². The lowest BCUT2D eigenvalue weighted by molar-refractivity contribution is -0.136. The maximum atomic E-state index is 13.8. The molecular weight excluding hydrogens is 466 g/mol. The Kier molecular flexibility index (Phi) is 6.50. The van der Waals surface area contributed by atoms with Gasteiger partial charge in [-0.3, -0.25) is 14.4 Å². The lowest BCUT2D eigenvalue weighted by atomic mass is 9.78. The molecule has 4 aromatic rings. The molecule has 6 N–H and O–H groups in total. The van der Waals surface area contributed by atoms with Crippen LogP contribution in [-0.2, 0) is 33.6 Å². The Labute approximate surface area is 215 Å². The molecule has 0 bridgehead atoms. The summed E-state index contributed by atoms with van der Waals surface area (Å²) in [5.41, 5.74) is 9.60. The van der Waals surface area contributed by atoms with E-state index in [-0.39, 0.29) is 24.2 Å². The van der Waals surface area contributed by atoms with E-state index in [2.05, 4.69) is 20.6 Å². The van der Waals surface area contributed by atoms with Gasteiger partial charge in [0.25, 0.3) is 0 Å². The Bertz CT molecular complexity index is 1480. The first-order valence-corrected chi connectivity index (χ1v) is 12.8. The fourth-order valence-corrected chi connectivity index (χ4v) is 5.52. The fraction of sp³-hybridized carbons (Fsp3) is 0.345. The smallest absolute Gasteiger partial charge is 0.246 e. The Morgan fingerprint density at radius 1 is 1.03 bits per heavy atom. The van der Waals surface area contributed by atoms with Crippen molar-refractivity contribution in [3.05, 3.63) is 71.5 Å². The number of rotatable bonds is 8. The van der Waals surface area contributed by atoms with Crippen LogP contribution in [0.15, 0.2) is 54.7 Å². The van der Waals surface area contributed by atoms with Crippen molar-refractivity contribution in [3.63, 3.8) is 0 Å². The number of fused-ring (bicyclic) bond motifs is 4. The molecule has 2 heterocycles. The zero-order valence-corrected chi connectivity index (χ0v) is 21.2. The van der Waals surface area contributed by atoms with Gasteiger partial charge in [0.05, 0.1) is 0 Å². The highest BCUT2D eigenvalue weighted by molar-refractivity contribution is 5.96. The molecule has 1 aliphatic rings. The molecule has 0 radical (unpaired) electrons. The standard InChI is InChI=1S/C29H33N5O3/c1-17(2)26(27(30)36)33-28(37)29(14-13-24-21(15-29)20-8-4-6-10-23(20)32-24)34-25(35)12-11-18-16-31-22-9-5-3-7-19(18)22/h3-10,16-17,26,31-32H,11-15H2,1-2H3,(H2,30,36)(H,33,37)(H,34,35)/t26-,29-/m0/s1. The number of benzene rings is 2. The fourth-order valence-electron chi connectivity index (χ4n) is 5.52. The van der Waals surface area contributed by atoms with Crippen LogP contribution >= 0.6 is 0 Å². The molecular formula is C29H33N5O3. The molecule has 1 aliphatic carbocycles. The number of nitrogens with two attached hydrogens (primary N) is 1. The molecule has 2 aromatic heterocycles. The molecule has 8 nitrogen and oxygen atoms in total. The Morgan fingerprint density at radius 3 is 2.46 bits per heavy atom. The van der Waals surface area contributed by atoms with Crippen molar-refractivity contribution >= 4 is 39.5 Å². The molecule has 8 heteroatoms. The number of carbonyl (C=O) groups is 3. The van der Waals surface area contributed by atoms with Gasteiger partial charge in [-0.15, -0.1) is 0 Å². The van der Waals surface area contributed by atoms with E-state index in [1.807, 2.05) is 68.6 Å². The molecule has 5 rings (SSSR count). The molecule has 0 saturated heterocycles.